The fourth-order valence-electron chi connectivity index (χ4n) is 0.544. The monoisotopic (exact) mass is 136 g/mol. The Morgan fingerprint density at radius 3 is 2.70 bits per heavy atom. The minimum absolute atomic E-state index is 0.153. The van der Waals surface area contributed by atoms with Gasteiger partial charge in [-0.2, -0.15) is 0 Å². The predicted molar refractivity (Wildman–Crippen MR) is 42.5 cm³/mol. The molecule has 1 heteroatoms. The maximum Gasteiger partial charge on any atom is 0.159 e. The van der Waals surface area contributed by atoms with Gasteiger partial charge >= 0.3 is 0 Å². The van der Waals surface area contributed by atoms with Crippen molar-refractivity contribution >= 4 is 5.78 Å². The molecule has 0 saturated carbocycles. The third-order valence-electron chi connectivity index (χ3n) is 1.37. The number of carbonyl (C=O) groups excluding carboxylic acids is 1. The van der Waals surface area contributed by atoms with Crippen molar-refractivity contribution in [3.63, 3.8) is 0 Å². The van der Waals surface area contributed by atoms with Gasteiger partial charge in [0.2, 0.25) is 0 Å². The first-order valence-corrected chi connectivity index (χ1v) is 3.32. The molecule has 0 fully saturated rings. The van der Waals surface area contributed by atoms with Gasteiger partial charge in [0, 0.05) is 12.8 Å². The lowest BCUT2D eigenvalue weighted by molar-refractivity contribution is -0.115. The van der Waals surface area contributed by atoms with Crippen molar-refractivity contribution < 1.29 is 4.79 Å². The van der Waals surface area contributed by atoms with E-state index in [1.807, 2.05) is 6.92 Å². The first kappa shape index (κ1) is 8.97. The third-order valence-corrected chi connectivity index (χ3v) is 1.37. The Hall–Kier alpha value is -1.03. The molecule has 0 aromatic heterocycles. The second-order valence-corrected chi connectivity index (χ2v) is 2.10. The first-order valence-electron chi connectivity index (χ1n) is 3.32. The minimum atomic E-state index is 0.153. The van der Waals surface area contributed by atoms with Gasteiger partial charge in [0.25, 0.3) is 0 Å². The summed E-state index contributed by atoms with van der Waals surface area (Å²) in [5.74, 6) is 2.58. The number of hydrogen-bond donors (Lipinski definition) is 0. The Labute approximate surface area is 62.1 Å². The van der Waals surface area contributed by atoms with Gasteiger partial charge in [0.05, 0.1) is 0 Å². The van der Waals surface area contributed by atoms with Crippen molar-refractivity contribution in [2.45, 2.75) is 26.7 Å². The molecular formula is C9H12O. The highest BCUT2D eigenvalue weighted by Crippen LogP contribution is 1.99. The first-order chi connectivity index (χ1) is 4.72. The summed E-state index contributed by atoms with van der Waals surface area (Å²) >= 11 is 0. The molecule has 0 rings (SSSR count). The van der Waals surface area contributed by atoms with Crippen LogP contribution in [0.15, 0.2) is 11.6 Å². The molecule has 54 valence electrons. The molecule has 0 aromatic rings. The van der Waals surface area contributed by atoms with Crippen molar-refractivity contribution in [1.29, 1.82) is 0 Å². The molecule has 0 heterocycles. The van der Waals surface area contributed by atoms with Crippen LogP contribution < -0.4 is 0 Å². The Balaban J connectivity index is 3.77. The van der Waals surface area contributed by atoms with Crippen molar-refractivity contribution in [3.8, 4) is 12.3 Å². The molecule has 0 bridgehead atoms. The second-order valence-electron chi connectivity index (χ2n) is 2.10. The van der Waals surface area contributed by atoms with Crippen LogP contribution in [0.2, 0.25) is 0 Å². The van der Waals surface area contributed by atoms with Crippen molar-refractivity contribution in [2.24, 2.45) is 0 Å². The molecule has 0 aliphatic heterocycles. The molecule has 0 saturated heterocycles. The van der Waals surface area contributed by atoms with Crippen LogP contribution in [0.1, 0.15) is 26.7 Å². The van der Waals surface area contributed by atoms with Crippen LogP contribution in [-0.4, -0.2) is 5.78 Å². The summed E-state index contributed by atoms with van der Waals surface area (Å²) < 4.78 is 0. The van der Waals surface area contributed by atoms with Crippen molar-refractivity contribution in [1.82, 2.24) is 0 Å². The second kappa shape index (κ2) is 4.81. The summed E-state index contributed by atoms with van der Waals surface area (Å²) in [6.07, 6.45) is 7.83. The van der Waals surface area contributed by atoms with Crippen LogP contribution in [0, 0.1) is 12.3 Å². The smallest absolute Gasteiger partial charge is 0.159 e. The molecule has 0 aliphatic rings. The van der Waals surface area contributed by atoms with Gasteiger partial charge in [0.15, 0.2) is 5.78 Å². The SMILES string of the molecule is C#CCCC(=O)/C(C)=C\C. The molecule has 0 atom stereocenters. The number of hydrogen-bond acceptors (Lipinski definition) is 1. The molecule has 10 heavy (non-hydrogen) atoms. The zero-order chi connectivity index (χ0) is 7.98. The van der Waals surface area contributed by atoms with Crippen LogP contribution in [0.3, 0.4) is 0 Å². The highest BCUT2D eigenvalue weighted by Gasteiger charge is 2.00. The summed E-state index contributed by atoms with van der Waals surface area (Å²) in [6, 6.07) is 0. The molecule has 0 aromatic carbocycles. The Bertz CT molecular complexity index is 181. The fourth-order valence-corrected chi connectivity index (χ4v) is 0.544. The zero-order valence-corrected chi connectivity index (χ0v) is 6.48. The van der Waals surface area contributed by atoms with Crippen LogP contribution in [0.5, 0.6) is 0 Å². The number of Topliss-reactive ketones (excluding diaryl/α,β-unsaturated/α-hetero) is 1. The Kier molecular flexibility index (Phi) is 4.32. The van der Waals surface area contributed by atoms with Gasteiger partial charge in [-0.25, -0.2) is 0 Å². The maximum atomic E-state index is 11.0. The average Bonchev–Trinajstić information content (AvgIpc) is 1.98. The van der Waals surface area contributed by atoms with Gasteiger partial charge in [-0.05, 0) is 19.4 Å². The molecule has 0 radical (unpaired) electrons. The van der Waals surface area contributed by atoms with Crippen LogP contribution >= 0.6 is 0 Å². The summed E-state index contributed by atoms with van der Waals surface area (Å²) in [5, 5.41) is 0. The minimum Gasteiger partial charge on any atom is -0.295 e. The van der Waals surface area contributed by atoms with Crippen LogP contribution in [-0.2, 0) is 4.79 Å². The predicted octanol–water partition coefficient (Wildman–Crippen LogP) is 1.94. The summed E-state index contributed by atoms with van der Waals surface area (Å²) in [4.78, 5) is 11.0. The van der Waals surface area contributed by atoms with E-state index in [4.69, 9.17) is 6.42 Å². The highest BCUT2D eigenvalue weighted by molar-refractivity contribution is 5.94. The quantitative estimate of drug-likeness (QED) is 0.428. The van der Waals surface area contributed by atoms with E-state index in [2.05, 4.69) is 5.92 Å². The van der Waals surface area contributed by atoms with E-state index >= 15 is 0 Å². The van der Waals surface area contributed by atoms with E-state index in [1.54, 1.807) is 13.0 Å². The zero-order valence-electron chi connectivity index (χ0n) is 6.48. The summed E-state index contributed by atoms with van der Waals surface area (Å²) in [5.41, 5.74) is 0.801. The lowest BCUT2D eigenvalue weighted by Gasteiger charge is -1.94. The highest BCUT2D eigenvalue weighted by atomic mass is 16.1. The van der Waals surface area contributed by atoms with Crippen molar-refractivity contribution in [3.05, 3.63) is 11.6 Å². The Morgan fingerprint density at radius 1 is 1.70 bits per heavy atom. The van der Waals surface area contributed by atoms with Gasteiger partial charge < -0.3 is 0 Å². The van der Waals surface area contributed by atoms with Crippen LogP contribution in [0.25, 0.3) is 0 Å². The number of rotatable bonds is 3. The number of allylic oxidation sites excluding steroid dienone is 2. The third kappa shape index (κ3) is 3.09. The molecule has 1 nitrogen and oxygen atoms in total. The largest absolute Gasteiger partial charge is 0.295 e. The maximum absolute atomic E-state index is 11.0. The summed E-state index contributed by atoms with van der Waals surface area (Å²) in [6.45, 7) is 3.65. The normalized spacial score (nSPS) is 10.7. The lowest BCUT2D eigenvalue weighted by atomic mass is 10.1. The van der Waals surface area contributed by atoms with E-state index in [0.29, 0.717) is 12.8 Å². The van der Waals surface area contributed by atoms with Crippen molar-refractivity contribution in [2.75, 3.05) is 0 Å². The van der Waals surface area contributed by atoms with Gasteiger partial charge in [0.1, 0.15) is 0 Å². The van der Waals surface area contributed by atoms with Crippen LogP contribution in [0.4, 0.5) is 0 Å². The lowest BCUT2D eigenvalue weighted by Crippen LogP contribution is -1.97. The average molecular weight is 136 g/mol. The van der Waals surface area contributed by atoms with E-state index in [-0.39, 0.29) is 5.78 Å². The number of ketones is 1. The summed E-state index contributed by atoms with van der Waals surface area (Å²) in [7, 11) is 0. The van der Waals surface area contributed by atoms with Gasteiger partial charge in [-0.1, -0.05) is 6.08 Å². The van der Waals surface area contributed by atoms with E-state index in [9.17, 15) is 4.79 Å². The van der Waals surface area contributed by atoms with E-state index in [0.717, 1.165) is 5.57 Å². The molecule has 0 amide bonds. The van der Waals surface area contributed by atoms with Gasteiger partial charge in [-0.3, -0.25) is 4.79 Å². The number of carbonyl (C=O) groups is 1. The van der Waals surface area contributed by atoms with E-state index in [1.165, 1.54) is 0 Å². The molecule has 0 N–H and O–H groups in total. The molecular weight excluding hydrogens is 124 g/mol. The number of terminal acetylenes is 1. The van der Waals surface area contributed by atoms with Gasteiger partial charge in [-0.15, -0.1) is 12.3 Å². The van der Waals surface area contributed by atoms with E-state index < -0.39 is 0 Å². The topological polar surface area (TPSA) is 17.1 Å². The Morgan fingerprint density at radius 2 is 2.30 bits per heavy atom. The molecule has 0 unspecified atom stereocenters. The standard InChI is InChI=1S/C9H12O/c1-4-6-7-9(10)8(3)5-2/h1,5H,6-7H2,2-3H3/b8-5-. The fraction of sp³-hybridized carbons (Fsp3) is 0.444. The molecule has 0 spiro atoms. The molecule has 0 aliphatic carbocycles.